The number of hydrogen-bond acceptors (Lipinski definition) is 5. The topological polar surface area (TPSA) is 43.4 Å². The second-order valence-electron chi connectivity index (χ2n) is 3.57. The van der Waals surface area contributed by atoms with Crippen molar-refractivity contribution in [3.63, 3.8) is 0 Å². The molecule has 1 aromatic carbocycles. The standard InChI is InChI=1S/C13H16O3S2/c1-5-16-13(15)12(14)9-7-10(17-3)8(2)6-11(9)18-4/h6-7H,5H2,1-4H3. The minimum atomic E-state index is -0.788. The van der Waals surface area contributed by atoms with E-state index in [2.05, 4.69) is 0 Å². The summed E-state index contributed by atoms with van der Waals surface area (Å²) in [5.41, 5.74) is 1.53. The first kappa shape index (κ1) is 15.1. The van der Waals surface area contributed by atoms with Crippen molar-refractivity contribution in [3.8, 4) is 0 Å². The van der Waals surface area contributed by atoms with Gasteiger partial charge in [0.15, 0.2) is 0 Å². The van der Waals surface area contributed by atoms with Gasteiger partial charge in [-0.1, -0.05) is 0 Å². The Hall–Kier alpha value is -0.940. The number of aryl methyl sites for hydroxylation is 1. The molecule has 0 fully saturated rings. The van der Waals surface area contributed by atoms with Crippen LogP contribution in [-0.4, -0.2) is 30.9 Å². The van der Waals surface area contributed by atoms with Crippen molar-refractivity contribution in [1.82, 2.24) is 0 Å². The van der Waals surface area contributed by atoms with Crippen LogP contribution >= 0.6 is 23.5 Å². The van der Waals surface area contributed by atoms with Crippen LogP contribution in [0.2, 0.25) is 0 Å². The van der Waals surface area contributed by atoms with Crippen LogP contribution in [-0.2, 0) is 9.53 Å². The van der Waals surface area contributed by atoms with E-state index >= 15 is 0 Å². The summed E-state index contributed by atoms with van der Waals surface area (Å²) in [6.07, 6.45) is 3.83. The van der Waals surface area contributed by atoms with Gasteiger partial charge in [0.25, 0.3) is 5.78 Å². The number of ether oxygens (including phenoxy) is 1. The molecular formula is C13H16O3S2. The lowest BCUT2D eigenvalue weighted by atomic mass is 10.1. The van der Waals surface area contributed by atoms with E-state index in [1.165, 1.54) is 11.8 Å². The molecule has 1 rings (SSSR count). The Balaban J connectivity index is 3.21. The van der Waals surface area contributed by atoms with Crippen LogP contribution in [0, 0.1) is 6.92 Å². The van der Waals surface area contributed by atoms with Gasteiger partial charge in [-0.25, -0.2) is 4.79 Å². The highest BCUT2D eigenvalue weighted by atomic mass is 32.2. The highest BCUT2D eigenvalue weighted by Crippen LogP contribution is 2.29. The molecule has 98 valence electrons. The summed E-state index contributed by atoms with van der Waals surface area (Å²) in [7, 11) is 0. The fourth-order valence-corrected chi connectivity index (χ4v) is 2.82. The number of Topliss-reactive ketones (excluding diaryl/α,β-unsaturated/α-hetero) is 1. The maximum absolute atomic E-state index is 12.0. The monoisotopic (exact) mass is 284 g/mol. The summed E-state index contributed by atoms with van der Waals surface area (Å²) in [5.74, 6) is -1.36. The Kier molecular flexibility index (Phi) is 5.75. The van der Waals surface area contributed by atoms with Gasteiger partial charge in [0, 0.05) is 15.4 Å². The van der Waals surface area contributed by atoms with Crippen LogP contribution < -0.4 is 0 Å². The highest BCUT2D eigenvalue weighted by Gasteiger charge is 2.21. The lowest BCUT2D eigenvalue weighted by Gasteiger charge is -2.10. The Morgan fingerprint density at radius 3 is 2.28 bits per heavy atom. The molecule has 0 amide bonds. The quantitative estimate of drug-likeness (QED) is 0.359. The zero-order chi connectivity index (χ0) is 13.7. The number of esters is 1. The molecule has 0 unspecified atom stereocenters. The van der Waals surface area contributed by atoms with Gasteiger partial charge >= 0.3 is 5.97 Å². The Morgan fingerprint density at radius 2 is 1.78 bits per heavy atom. The lowest BCUT2D eigenvalue weighted by molar-refractivity contribution is -0.137. The summed E-state index contributed by atoms with van der Waals surface area (Å²) in [5, 5.41) is 0. The molecule has 0 aromatic heterocycles. The van der Waals surface area contributed by atoms with Gasteiger partial charge in [0.2, 0.25) is 0 Å². The molecule has 0 bridgehead atoms. The molecule has 0 aliphatic rings. The third kappa shape index (κ3) is 3.29. The van der Waals surface area contributed by atoms with Gasteiger partial charge in [-0.2, -0.15) is 0 Å². The van der Waals surface area contributed by atoms with Gasteiger partial charge in [-0.15, -0.1) is 23.5 Å². The summed E-state index contributed by atoms with van der Waals surface area (Å²) < 4.78 is 4.76. The fourth-order valence-electron chi connectivity index (χ4n) is 1.53. The van der Waals surface area contributed by atoms with Gasteiger partial charge < -0.3 is 4.74 Å². The number of thioether (sulfide) groups is 2. The third-order valence-electron chi connectivity index (χ3n) is 2.42. The minimum absolute atomic E-state index is 0.209. The second kappa shape index (κ2) is 6.85. The first-order valence-electron chi connectivity index (χ1n) is 5.49. The number of ketones is 1. The maximum atomic E-state index is 12.0. The predicted octanol–water partition coefficient (Wildman–Crippen LogP) is 3.18. The van der Waals surface area contributed by atoms with E-state index in [1.54, 1.807) is 24.8 Å². The van der Waals surface area contributed by atoms with Crippen molar-refractivity contribution < 1.29 is 14.3 Å². The molecule has 0 saturated heterocycles. The first-order valence-corrected chi connectivity index (χ1v) is 7.94. The Bertz CT molecular complexity index is 470. The number of carbonyl (C=O) groups excluding carboxylic acids is 2. The smallest absolute Gasteiger partial charge is 0.379 e. The number of hydrogen-bond donors (Lipinski definition) is 0. The van der Waals surface area contributed by atoms with Crippen molar-refractivity contribution in [2.45, 2.75) is 23.6 Å². The zero-order valence-corrected chi connectivity index (χ0v) is 12.5. The van der Waals surface area contributed by atoms with E-state index < -0.39 is 11.8 Å². The highest BCUT2D eigenvalue weighted by molar-refractivity contribution is 7.99. The van der Waals surface area contributed by atoms with E-state index in [0.717, 1.165) is 15.4 Å². The number of benzene rings is 1. The van der Waals surface area contributed by atoms with Gasteiger partial charge in [-0.3, -0.25) is 4.79 Å². The largest absolute Gasteiger partial charge is 0.460 e. The van der Waals surface area contributed by atoms with E-state index in [1.807, 2.05) is 25.5 Å². The molecule has 0 aliphatic heterocycles. The second-order valence-corrected chi connectivity index (χ2v) is 5.27. The van der Waals surface area contributed by atoms with E-state index in [0.29, 0.717) is 5.56 Å². The molecule has 0 radical (unpaired) electrons. The predicted molar refractivity (Wildman–Crippen MR) is 75.7 cm³/mol. The van der Waals surface area contributed by atoms with Crippen molar-refractivity contribution in [3.05, 3.63) is 23.3 Å². The van der Waals surface area contributed by atoms with Crippen LogP contribution in [0.5, 0.6) is 0 Å². The van der Waals surface area contributed by atoms with Crippen LogP contribution in [0.3, 0.4) is 0 Å². The number of carbonyl (C=O) groups is 2. The lowest BCUT2D eigenvalue weighted by Crippen LogP contribution is -2.18. The van der Waals surface area contributed by atoms with Crippen LogP contribution in [0.4, 0.5) is 0 Å². The average Bonchev–Trinajstić information content (AvgIpc) is 2.37. The van der Waals surface area contributed by atoms with Crippen LogP contribution in [0.25, 0.3) is 0 Å². The molecule has 0 N–H and O–H groups in total. The van der Waals surface area contributed by atoms with Crippen molar-refractivity contribution in [2.24, 2.45) is 0 Å². The molecule has 1 aromatic rings. The molecule has 0 spiro atoms. The summed E-state index contributed by atoms with van der Waals surface area (Å²) in [4.78, 5) is 25.3. The maximum Gasteiger partial charge on any atom is 0.379 e. The molecule has 0 aliphatic carbocycles. The minimum Gasteiger partial charge on any atom is -0.460 e. The SMILES string of the molecule is CCOC(=O)C(=O)c1cc(SC)c(C)cc1SC. The van der Waals surface area contributed by atoms with Crippen molar-refractivity contribution >= 4 is 35.3 Å². The van der Waals surface area contributed by atoms with E-state index in [4.69, 9.17) is 4.74 Å². The Labute approximate surface area is 116 Å². The van der Waals surface area contributed by atoms with Gasteiger partial charge in [-0.05, 0) is 44.1 Å². The fraction of sp³-hybridized carbons (Fsp3) is 0.385. The third-order valence-corrected chi connectivity index (χ3v) is 4.08. The van der Waals surface area contributed by atoms with E-state index in [-0.39, 0.29) is 6.61 Å². The van der Waals surface area contributed by atoms with Crippen LogP contribution in [0.15, 0.2) is 21.9 Å². The number of rotatable bonds is 5. The molecule has 0 heterocycles. The molecule has 18 heavy (non-hydrogen) atoms. The summed E-state index contributed by atoms with van der Waals surface area (Å²) in [6, 6.07) is 3.70. The summed E-state index contributed by atoms with van der Waals surface area (Å²) >= 11 is 3.01. The molecular weight excluding hydrogens is 268 g/mol. The van der Waals surface area contributed by atoms with Crippen molar-refractivity contribution in [2.75, 3.05) is 19.1 Å². The molecule has 0 saturated carbocycles. The van der Waals surface area contributed by atoms with Crippen LogP contribution in [0.1, 0.15) is 22.8 Å². The van der Waals surface area contributed by atoms with Gasteiger partial charge in [0.1, 0.15) is 0 Å². The zero-order valence-electron chi connectivity index (χ0n) is 10.9. The van der Waals surface area contributed by atoms with Gasteiger partial charge in [0.05, 0.1) is 6.61 Å². The van der Waals surface area contributed by atoms with Crippen molar-refractivity contribution in [1.29, 1.82) is 0 Å². The summed E-state index contributed by atoms with van der Waals surface area (Å²) in [6.45, 7) is 3.88. The molecule has 5 heteroatoms. The normalized spacial score (nSPS) is 10.2. The Morgan fingerprint density at radius 1 is 1.17 bits per heavy atom. The molecule has 3 nitrogen and oxygen atoms in total. The first-order chi connectivity index (χ1) is 8.54. The average molecular weight is 284 g/mol. The molecule has 0 atom stereocenters. The van der Waals surface area contributed by atoms with E-state index in [9.17, 15) is 9.59 Å².